The van der Waals surface area contributed by atoms with E-state index in [-0.39, 0.29) is 5.91 Å². The molecule has 1 saturated carbocycles. The van der Waals surface area contributed by atoms with Crippen LogP contribution < -0.4 is 5.32 Å². The molecule has 1 amide bonds. The molecule has 0 saturated heterocycles. The standard InChI is InChI=1S/C15H30N2O2/c1-15(19,12-17(2)3)11-16-14(18)10-13-8-6-4-5-7-9-13/h13,19H,4-12H2,1-3H3,(H,16,18). The fourth-order valence-electron chi connectivity index (χ4n) is 2.93. The molecule has 0 radical (unpaired) electrons. The van der Waals surface area contributed by atoms with Gasteiger partial charge in [-0.2, -0.15) is 0 Å². The smallest absolute Gasteiger partial charge is 0.220 e. The van der Waals surface area contributed by atoms with E-state index in [0.717, 1.165) is 0 Å². The predicted octanol–water partition coefficient (Wildman–Crippen LogP) is 1.78. The number of aliphatic hydroxyl groups is 1. The molecule has 0 aliphatic heterocycles. The Bertz CT molecular complexity index is 269. The molecule has 1 aliphatic rings. The Morgan fingerprint density at radius 3 is 2.37 bits per heavy atom. The Kier molecular flexibility index (Phi) is 6.80. The van der Waals surface area contributed by atoms with Gasteiger partial charge >= 0.3 is 0 Å². The van der Waals surface area contributed by atoms with Crippen LogP contribution in [0.2, 0.25) is 0 Å². The largest absolute Gasteiger partial charge is 0.387 e. The fraction of sp³-hybridized carbons (Fsp3) is 0.933. The topological polar surface area (TPSA) is 52.6 Å². The number of nitrogens with zero attached hydrogens (tertiary/aromatic N) is 1. The van der Waals surface area contributed by atoms with Gasteiger partial charge in [-0.1, -0.05) is 25.7 Å². The monoisotopic (exact) mass is 270 g/mol. The lowest BCUT2D eigenvalue weighted by atomic mass is 9.96. The molecule has 1 aliphatic carbocycles. The van der Waals surface area contributed by atoms with Crippen molar-refractivity contribution in [2.75, 3.05) is 27.2 Å². The number of rotatable bonds is 6. The molecule has 19 heavy (non-hydrogen) atoms. The number of likely N-dealkylation sites (N-methyl/N-ethyl adjacent to an activating group) is 1. The van der Waals surface area contributed by atoms with E-state index in [4.69, 9.17) is 0 Å². The van der Waals surface area contributed by atoms with E-state index in [1.54, 1.807) is 6.92 Å². The summed E-state index contributed by atoms with van der Waals surface area (Å²) in [7, 11) is 3.84. The molecule has 1 rings (SSSR count). The molecule has 0 aromatic rings. The lowest BCUT2D eigenvalue weighted by Crippen LogP contribution is -2.47. The summed E-state index contributed by atoms with van der Waals surface area (Å²) in [4.78, 5) is 13.8. The third-order valence-electron chi connectivity index (χ3n) is 3.77. The predicted molar refractivity (Wildman–Crippen MR) is 78.0 cm³/mol. The van der Waals surface area contributed by atoms with Crippen molar-refractivity contribution in [3.8, 4) is 0 Å². The summed E-state index contributed by atoms with van der Waals surface area (Å²) in [5.41, 5.74) is -0.859. The fourth-order valence-corrected chi connectivity index (χ4v) is 2.93. The average Bonchev–Trinajstić information content (AvgIpc) is 2.53. The van der Waals surface area contributed by atoms with Crippen LogP contribution in [0.5, 0.6) is 0 Å². The highest BCUT2D eigenvalue weighted by Gasteiger charge is 2.23. The summed E-state index contributed by atoms with van der Waals surface area (Å²) in [5, 5.41) is 13.0. The van der Waals surface area contributed by atoms with Crippen LogP contribution in [0, 0.1) is 5.92 Å². The Hall–Kier alpha value is -0.610. The zero-order chi connectivity index (χ0) is 14.3. The van der Waals surface area contributed by atoms with Crippen LogP contribution in [0.1, 0.15) is 51.9 Å². The highest BCUT2D eigenvalue weighted by Crippen LogP contribution is 2.25. The lowest BCUT2D eigenvalue weighted by molar-refractivity contribution is -0.123. The Morgan fingerprint density at radius 1 is 1.26 bits per heavy atom. The molecule has 1 atom stereocenters. The third kappa shape index (κ3) is 7.53. The first-order valence-corrected chi connectivity index (χ1v) is 7.53. The normalized spacial score (nSPS) is 20.9. The Balaban J connectivity index is 2.26. The highest BCUT2D eigenvalue weighted by molar-refractivity contribution is 5.76. The zero-order valence-corrected chi connectivity index (χ0v) is 12.7. The van der Waals surface area contributed by atoms with Crippen molar-refractivity contribution in [3.63, 3.8) is 0 Å². The minimum absolute atomic E-state index is 0.0888. The summed E-state index contributed by atoms with van der Waals surface area (Å²) in [6, 6.07) is 0. The average molecular weight is 270 g/mol. The van der Waals surface area contributed by atoms with E-state index >= 15 is 0 Å². The maximum absolute atomic E-state index is 11.9. The number of carbonyl (C=O) groups is 1. The Morgan fingerprint density at radius 2 is 1.84 bits per heavy atom. The minimum atomic E-state index is -0.859. The van der Waals surface area contributed by atoms with Gasteiger partial charge in [0.05, 0.1) is 5.60 Å². The van der Waals surface area contributed by atoms with Crippen LogP contribution >= 0.6 is 0 Å². The zero-order valence-electron chi connectivity index (χ0n) is 12.7. The number of carbonyl (C=O) groups excluding carboxylic acids is 1. The van der Waals surface area contributed by atoms with Crippen LogP contribution in [0.15, 0.2) is 0 Å². The molecule has 1 fully saturated rings. The molecule has 0 bridgehead atoms. The number of amides is 1. The van der Waals surface area contributed by atoms with Crippen molar-refractivity contribution >= 4 is 5.91 Å². The first-order chi connectivity index (χ1) is 8.89. The van der Waals surface area contributed by atoms with Gasteiger partial charge in [-0.3, -0.25) is 4.79 Å². The van der Waals surface area contributed by atoms with Crippen molar-refractivity contribution in [1.82, 2.24) is 10.2 Å². The molecule has 2 N–H and O–H groups in total. The first-order valence-electron chi connectivity index (χ1n) is 7.53. The van der Waals surface area contributed by atoms with Gasteiger partial charge in [0.15, 0.2) is 0 Å². The van der Waals surface area contributed by atoms with Crippen LogP contribution in [0.25, 0.3) is 0 Å². The SMILES string of the molecule is CN(C)CC(C)(O)CNC(=O)CC1CCCCCC1. The minimum Gasteiger partial charge on any atom is -0.387 e. The second-order valence-corrected chi connectivity index (χ2v) is 6.57. The number of nitrogens with one attached hydrogen (secondary N) is 1. The van der Waals surface area contributed by atoms with Crippen molar-refractivity contribution < 1.29 is 9.90 Å². The van der Waals surface area contributed by atoms with E-state index in [1.165, 1.54) is 38.5 Å². The van der Waals surface area contributed by atoms with Gasteiger partial charge in [0, 0.05) is 19.5 Å². The van der Waals surface area contributed by atoms with E-state index < -0.39 is 5.60 Å². The van der Waals surface area contributed by atoms with Crippen LogP contribution in [0.4, 0.5) is 0 Å². The van der Waals surface area contributed by atoms with Crippen LogP contribution in [-0.2, 0) is 4.79 Å². The molecule has 1 unspecified atom stereocenters. The molecule has 0 heterocycles. The van der Waals surface area contributed by atoms with Gasteiger partial charge in [0.1, 0.15) is 0 Å². The maximum Gasteiger partial charge on any atom is 0.220 e. The van der Waals surface area contributed by atoms with Gasteiger partial charge in [-0.15, -0.1) is 0 Å². The van der Waals surface area contributed by atoms with Crippen molar-refractivity contribution in [1.29, 1.82) is 0 Å². The first kappa shape index (κ1) is 16.4. The highest BCUT2D eigenvalue weighted by atomic mass is 16.3. The van der Waals surface area contributed by atoms with Gasteiger partial charge in [-0.05, 0) is 39.8 Å². The molecule has 4 heteroatoms. The van der Waals surface area contributed by atoms with Crippen LogP contribution in [-0.4, -0.2) is 48.7 Å². The number of hydrogen-bond donors (Lipinski definition) is 2. The third-order valence-corrected chi connectivity index (χ3v) is 3.77. The maximum atomic E-state index is 11.9. The summed E-state index contributed by atoms with van der Waals surface area (Å²) < 4.78 is 0. The molecular formula is C15H30N2O2. The molecule has 0 aromatic heterocycles. The second-order valence-electron chi connectivity index (χ2n) is 6.57. The van der Waals surface area contributed by atoms with Gasteiger partial charge in [-0.25, -0.2) is 0 Å². The quantitative estimate of drug-likeness (QED) is 0.723. The van der Waals surface area contributed by atoms with E-state index in [2.05, 4.69) is 5.32 Å². The van der Waals surface area contributed by atoms with Crippen molar-refractivity contribution in [3.05, 3.63) is 0 Å². The lowest BCUT2D eigenvalue weighted by Gasteiger charge is -2.27. The van der Waals surface area contributed by atoms with E-state index in [1.807, 2.05) is 19.0 Å². The molecule has 0 aromatic carbocycles. The van der Waals surface area contributed by atoms with Crippen LogP contribution in [0.3, 0.4) is 0 Å². The molecule has 112 valence electrons. The van der Waals surface area contributed by atoms with E-state index in [0.29, 0.717) is 25.4 Å². The van der Waals surface area contributed by atoms with Crippen molar-refractivity contribution in [2.24, 2.45) is 5.92 Å². The van der Waals surface area contributed by atoms with Gasteiger partial charge < -0.3 is 15.3 Å². The summed E-state index contributed by atoms with van der Waals surface area (Å²) in [5.74, 6) is 0.632. The molecule has 0 spiro atoms. The summed E-state index contributed by atoms with van der Waals surface area (Å²) in [6.45, 7) is 2.65. The van der Waals surface area contributed by atoms with Gasteiger partial charge in [0.25, 0.3) is 0 Å². The second kappa shape index (κ2) is 7.85. The van der Waals surface area contributed by atoms with E-state index in [9.17, 15) is 9.90 Å². The van der Waals surface area contributed by atoms with Gasteiger partial charge in [0.2, 0.25) is 5.91 Å². The molecule has 4 nitrogen and oxygen atoms in total. The van der Waals surface area contributed by atoms with Crippen molar-refractivity contribution in [2.45, 2.75) is 57.5 Å². The summed E-state index contributed by atoms with van der Waals surface area (Å²) >= 11 is 0. The number of hydrogen-bond acceptors (Lipinski definition) is 3. The Labute approximate surface area is 117 Å². The molecular weight excluding hydrogens is 240 g/mol. The summed E-state index contributed by atoms with van der Waals surface area (Å²) in [6.07, 6.45) is 8.14.